The molecule has 10 heteroatoms. The summed E-state index contributed by atoms with van der Waals surface area (Å²) < 4.78 is 27.3. The highest BCUT2D eigenvalue weighted by Gasteiger charge is 2.17. The van der Waals surface area contributed by atoms with Gasteiger partial charge in [-0.1, -0.05) is 6.07 Å². The van der Waals surface area contributed by atoms with Crippen molar-refractivity contribution >= 4 is 61.2 Å². The average molecular weight is 440 g/mol. The van der Waals surface area contributed by atoms with Crippen molar-refractivity contribution in [1.82, 2.24) is 4.98 Å². The third-order valence-corrected chi connectivity index (χ3v) is 8.16. The first kappa shape index (κ1) is 19.9. The number of nitrogens with one attached hydrogen (secondary N) is 2. The fourth-order valence-electron chi connectivity index (χ4n) is 2.10. The molecule has 142 valence electrons. The van der Waals surface area contributed by atoms with Crippen molar-refractivity contribution in [2.75, 3.05) is 10.0 Å². The van der Waals surface area contributed by atoms with E-state index < -0.39 is 10.0 Å². The maximum absolute atomic E-state index is 12.3. The summed E-state index contributed by atoms with van der Waals surface area (Å²) in [5.41, 5.74) is 1.35. The number of benzene rings is 1. The van der Waals surface area contributed by atoms with Crippen LogP contribution in [0.1, 0.15) is 12.6 Å². The van der Waals surface area contributed by atoms with Gasteiger partial charge < -0.3 is 5.32 Å². The van der Waals surface area contributed by atoms with Crippen LogP contribution in [0.25, 0.3) is 0 Å². The van der Waals surface area contributed by atoms with Gasteiger partial charge in [-0.25, -0.2) is 13.4 Å². The molecule has 0 aliphatic carbocycles. The lowest BCUT2D eigenvalue weighted by Crippen LogP contribution is -2.22. The lowest BCUT2D eigenvalue weighted by molar-refractivity contribution is -0.115. The summed E-state index contributed by atoms with van der Waals surface area (Å²) in [6, 6.07) is 10.2. The number of carbonyl (C=O) groups excluding carboxylic acids is 1. The third kappa shape index (κ3) is 5.32. The number of thiophene rings is 1. The minimum atomic E-state index is -3.56. The first-order valence-corrected chi connectivity index (χ1v) is 12.0. The number of hydrogen-bond donors (Lipinski definition) is 2. The molecule has 0 aliphatic rings. The molecule has 1 unspecified atom stereocenters. The number of anilines is 2. The van der Waals surface area contributed by atoms with Gasteiger partial charge in [0.05, 0.1) is 10.9 Å². The van der Waals surface area contributed by atoms with Gasteiger partial charge in [0.15, 0.2) is 5.13 Å². The fourth-order valence-corrected chi connectivity index (χ4v) is 5.71. The number of sulfonamides is 1. The van der Waals surface area contributed by atoms with Crippen molar-refractivity contribution in [2.24, 2.45) is 0 Å². The van der Waals surface area contributed by atoms with Crippen LogP contribution in [0.5, 0.6) is 0 Å². The van der Waals surface area contributed by atoms with Gasteiger partial charge in [-0.3, -0.25) is 9.52 Å². The molecule has 1 amide bonds. The zero-order chi connectivity index (χ0) is 19.4. The molecule has 6 nitrogen and oxygen atoms in total. The molecule has 0 fully saturated rings. The summed E-state index contributed by atoms with van der Waals surface area (Å²) in [6.07, 6.45) is 0. The molecule has 27 heavy (non-hydrogen) atoms. The summed E-state index contributed by atoms with van der Waals surface area (Å²) in [6.45, 7) is 3.69. The van der Waals surface area contributed by atoms with Crippen LogP contribution < -0.4 is 10.0 Å². The fraction of sp³-hybridized carbons (Fsp3) is 0.176. The summed E-state index contributed by atoms with van der Waals surface area (Å²) in [5.74, 6) is -0.128. The van der Waals surface area contributed by atoms with Gasteiger partial charge in [-0.2, -0.15) is 0 Å². The second-order valence-electron chi connectivity index (χ2n) is 5.61. The minimum absolute atomic E-state index is 0.128. The topological polar surface area (TPSA) is 88.2 Å². The Morgan fingerprint density at radius 3 is 2.52 bits per heavy atom. The minimum Gasteiger partial charge on any atom is -0.301 e. The number of aryl methyl sites for hydroxylation is 1. The molecule has 2 heterocycles. The Kier molecular flexibility index (Phi) is 6.20. The van der Waals surface area contributed by atoms with E-state index >= 15 is 0 Å². The zero-order valence-corrected chi connectivity index (χ0v) is 17.8. The second-order valence-corrected chi connectivity index (χ2v) is 10.7. The Hall–Kier alpha value is -1.88. The van der Waals surface area contributed by atoms with E-state index in [4.69, 9.17) is 0 Å². The molecule has 0 bridgehead atoms. The number of amides is 1. The number of nitrogens with zero attached hydrogens (tertiary/aromatic N) is 1. The van der Waals surface area contributed by atoms with Gasteiger partial charge >= 0.3 is 0 Å². The van der Waals surface area contributed by atoms with Gasteiger partial charge in [-0.15, -0.1) is 34.4 Å². The molecule has 3 rings (SSSR count). The van der Waals surface area contributed by atoms with E-state index in [1.807, 2.05) is 19.2 Å². The smallest absolute Gasteiger partial charge is 0.271 e. The van der Waals surface area contributed by atoms with Crippen molar-refractivity contribution in [2.45, 2.75) is 28.2 Å². The summed E-state index contributed by atoms with van der Waals surface area (Å²) in [5, 5.41) is 6.66. The Labute approximate surface area is 170 Å². The zero-order valence-electron chi connectivity index (χ0n) is 14.5. The van der Waals surface area contributed by atoms with E-state index in [9.17, 15) is 13.2 Å². The highest BCUT2D eigenvalue weighted by Crippen LogP contribution is 2.27. The normalized spacial score (nSPS) is 12.5. The monoisotopic (exact) mass is 439 g/mol. The van der Waals surface area contributed by atoms with E-state index in [1.54, 1.807) is 41.8 Å². The van der Waals surface area contributed by atoms with Crippen LogP contribution in [-0.4, -0.2) is 24.6 Å². The van der Waals surface area contributed by atoms with Gasteiger partial charge in [0.25, 0.3) is 10.0 Å². The summed E-state index contributed by atoms with van der Waals surface area (Å²) >= 11 is 3.95. The van der Waals surface area contributed by atoms with E-state index in [1.165, 1.54) is 23.1 Å². The number of carbonyl (C=O) groups is 1. The van der Waals surface area contributed by atoms with Crippen LogP contribution in [0.3, 0.4) is 0 Å². The van der Waals surface area contributed by atoms with E-state index in [0.717, 1.165) is 21.9 Å². The summed E-state index contributed by atoms with van der Waals surface area (Å²) in [7, 11) is -3.56. The van der Waals surface area contributed by atoms with Crippen LogP contribution in [0.4, 0.5) is 10.8 Å². The first-order valence-electron chi connectivity index (χ1n) is 7.89. The SMILES string of the molecule is Cc1csc(NC(=O)C(C)Sc2ccc(NS(=O)(=O)c3cccs3)cc2)n1. The Morgan fingerprint density at radius 2 is 1.93 bits per heavy atom. The van der Waals surface area contributed by atoms with Gasteiger partial charge in [0.1, 0.15) is 4.21 Å². The van der Waals surface area contributed by atoms with E-state index in [0.29, 0.717) is 10.8 Å². The molecule has 0 saturated carbocycles. The molecule has 1 aromatic carbocycles. The van der Waals surface area contributed by atoms with Gasteiger partial charge in [0, 0.05) is 16.0 Å². The molecule has 2 aromatic heterocycles. The molecular weight excluding hydrogens is 422 g/mol. The highest BCUT2D eigenvalue weighted by atomic mass is 32.2. The Morgan fingerprint density at radius 1 is 1.19 bits per heavy atom. The van der Waals surface area contributed by atoms with Crippen molar-refractivity contribution in [3.63, 3.8) is 0 Å². The Balaban J connectivity index is 1.59. The standard InChI is InChI=1S/C17H17N3O3S4/c1-11-10-25-17(18-11)19-16(21)12(2)26-14-7-5-13(6-8-14)20-27(22,23)15-4-3-9-24-15/h3-10,12,20H,1-2H3,(H,18,19,21). The number of thioether (sulfide) groups is 1. The van der Waals surface area contributed by atoms with Crippen molar-refractivity contribution in [3.05, 3.63) is 52.9 Å². The predicted octanol–water partition coefficient (Wildman–Crippen LogP) is 4.43. The molecule has 0 radical (unpaired) electrons. The van der Waals surface area contributed by atoms with Gasteiger partial charge in [0.2, 0.25) is 5.91 Å². The molecule has 0 aliphatic heterocycles. The quantitative estimate of drug-likeness (QED) is 0.532. The maximum Gasteiger partial charge on any atom is 0.271 e. The largest absolute Gasteiger partial charge is 0.301 e. The highest BCUT2D eigenvalue weighted by molar-refractivity contribution is 8.00. The predicted molar refractivity (Wildman–Crippen MR) is 112 cm³/mol. The lowest BCUT2D eigenvalue weighted by Gasteiger charge is -2.11. The lowest BCUT2D eigenvalue weighted by atomic mass is 10.3. The van der Waals surface area contributed by atoms with Crippen LogP contribution in [0.15, 0.2) is 56.3 Å². The molecule has 0 spiro atoms. The Bertz CT molecular complexity index is 1010. The van der Waals surface area contributed by atoms with Crippen LogP contribution in [-0.2, 0) is 14.8 Å². The van der Waals surface area contributed by atoms with E-state index in [2.05, 4.69) is 15.0 Å². The second kappa shape index (κ2) is 8.42. The number of hydrogen-bond acceptors (Lipinski definition) is 7. The van der Waals surface area contributed by atoms with Crippen molar-refractivity contribution < 1.29 is 13.2 Å². The molecule has 1 atom stereocenters. The number of rotatable bonds is 7. The molecule has 0 saturated heterocycles. The third-order valence-electron chi connectivity index (χ3n) is 3.40. The van der Waals surface area contributed by atoms with Crippen molar-refractivity contribution in [1.29, 1.82) is 0 Å². The number of aromatic nitrogens is 1. The molecule has 2 N–H and O–H groups in total. The number of thiazole rings is 1. The molecular formula is C17H17N3O3S4. The maximum atomic E-state index is 12.3. The van der Waals surface area contributed by atoms with Crippen LogP contribution in [0, 0.1) is 6.92 Å². The average Bonchev–Trinajstić information content (AvgIpc) is 3.28. The summed E-state index contributed by atoms with van der Waals surface area (Å²) in [4.78, 5) is 17.3. The van der Waals surface area contributed by atoms with Crippen molar-refractivity contribution in [3.8, 4) is 0 Å². The van der Waals surface area contributed by atoms with Gasteiger partial charge in [-0.05, 0) is 49.6 Å². The van der Waals surface area contributed by atoms with E-state index in [-0.39, 0.29) is 15.4 Å². The van der Waals surface area contributed by atoms with Crippen LogP contribution in [0.2, 0.25) is 0 Å². The van der Waals surface area contributed by atoms with Crippen LogP contribution >= 0.6 is 34.4 Å². The molecule has 3 aromatic rings. The first-order chi connectivity index (χ1) is 12.8.